The van der Waals surface area contributed by atoms with Crippen LogP contribution in [0.15, 0.2) is 65.1 Å². The molecule has 0 aliphatic carbocycles. The first kappa shape index (κ1) is 16.7. The number of ether oxygens (including phenoxy) is 1. The van der Waals surface area contributed by atoms with Gasteiger partial charge in [-0.05, 0) is 47.5 Å². The average molecular weight is 364 g/mol. The zero-order valence-electron chi connectivity index (χ0n) is 14.2. The van der Waals surface area contributed by atoms with E-state index in [-0.39, 0.29) is 23.1 Å². The van der Waals surface area contributed by atoms with Crippen molar-refractivity contribution in [3.8, 4) is 28.3 Å². The van der Waals surface area contributed by atoms with Gasteiger partial charge in [-0.15, -0.1) is 0 Å². The van der Waals surface area contributed by atoms with Gasteiger partial charge >= 0.3 is 5.69 Å². The molecule has 0 spiro atoms. The van der Waals surface area contributed by atoms with Gasteiger partial charge in [-0.1, -0.05) is 18.2 Å². The van der Waals surface area contributed by atoms with Crippen molar-refractivity contribution in [3.05, 3.63) is 76.6 Å². The lowest BCUT2D eigenvalue weighted by Gasteiger charge is -2.02. The molecule has 0 saturated carbocycles. The second kappa shape index (κ2) is 6.53. The highest BCUT2D eigenvalue weighted by Gasteiger charge is 2.18. The van der Waals surface area contributed by atoms with E-state index in [9.17, 15) is 14.5 Å². The number of hydrogen-bond donors (Lipinski definition) is 0. The second-order valence-corrected chi connectivity index (χ2v) is 5.86. The van der Waals surface area contributed by atoms with Crippen molar-refractivity contribution >= 4 is 16.8 Å². The zero-order valence-corrected chi connectivity index (χ0v) is 14.2. The summed E-state index contributed by atoms with van der Waals surface area (Å²) >= 11 is 0. The molecule has 0 saturated heterocycles. The fraction of sp³-hybridized carbons (Fsp3) is 0.0500. The monoisotopic (exact) mass is 364 g/mol. The van der Waals surface area contributed by atoms with Crippen LogP contribution in [0.2, 0.25) is 0 Å². The molecule has 0 unspecified atom stereocenters. The van der Waals surface area contributed by atoms with E-state index in [1.807, 2.05) is 6.07 Å². The van der Waals surface area contributed by atoms with Gasteiger partial charge in [-0.3, -0.25) is 10.1 Å². The number of halogens is 1. The van der Waals surface area contributed by atoms with Gasteiger partial charge in [-0.25, -0.2) is 9.37 Å². The minimum atomic E-state index is -0.521. The maximum atomic E-state index is 13.5. The minimum absolute atomic E-state index is 0.160. The number of rotatable bonds is 4. The van der Waals surface area contributed by atoms with Gasteiger partial charge in [0.25, 0.3) is 0 Å². The van der Waals surface area contributed by atoms with Crippen LogP contribution in [0.25, 0.3) is 33.7 Å². The Labute approximate surface area is 153 Å². The Balaban J connectivity index is 1.78. The largest absolute Gasteiger partial charge is 0.490 e. The molecule has 0 bridgehead atoms. The third-order valence-electron chi connectivity index (χ3n) is 4.17. The SMILES string of the molecule is COc1ccc(-c2nc3cc(-c4cccc(F)c4)ccc3o2)cc1[N+](=O)[O-]. The van der Waals surface area contributed by atoms with Crippen molar-refractivity contribution in [1.82, 2.24) is 4.98 Å². The fourth-order valence-electron chi connectivity index (χ4n) is 2.86. The Morgan fingerprint density at radius 2 is 1.81 bits per heavy atom. The lowest BCUT2D eigenvalue weighted by Crippen LogP contribution is -1.94. The first-order valence-corrected chi connectivity index (χ1v) is 8.04. The molecule has 7 heteroatoms. The van der Waals surface area contributed by atoms with E-state index in [1.54, 1.807) is 30.3 Å². The van der Waals surface area contributed by atoms with Crippen LogP contribution in [0.4, 0.5) is 10.1 Å². The van der Waals surface area contributed by atoms with E-state index < -0.39 is 4.92 Å². The maximum absolute atomic E-state index is 13.5. The summed E-state index contributed by atoms with van der Waals surface area (Å²) in [6.07, 6.45) is 0. The normalized spacial score (nSPS) is 10.9. The molecule has 0 atom stereocenters. The van der Waals surface area contributed by atoms with E-state index in [1.165, 1.54) is 31.4 Å². The first-order valence-electron chi connectivity index (χ1n) is 8.04. The minimum Gasteiger partial charge on any atom is -0.490 e. The Bertz CT molecular complexity index is 1170. The van der Waals surface area contributed by atoms with Crippen LogP contribution in [0, 0.1) is 15.9 Å². The van der Waals surface area contributed by atoms with Gasteiger partial charge in [-0.2, -0.15) is 0 Å². The predicted molar refractivity (Wildman–Crippen MR) is 98.0 cm³/mol. The van der Waals surface area contributed by atoms with Crippen LogP contribution in [0.3, 0.4) is 0 Å². The molecule has 0 radical (unpaired) electrons. The summed E-state index contributed by atoms with van der Waals surface area (Å²) in [5, 5.41) is 11.2. The number of aromatic nitrogens is 1. The lowest BCUT2D eigenvalue weighted by atomic mass is 10.1. The number of nitro groups is 1. The fourth-order valence-corrected chi connectivity index (χ4v) is 2.86. The van der Waals surface area contributed by atoms with Gasteiger partial charge in [0.05, 0.1) is 12.0 Å². The molecule has 0 aliphatic heterocycles. The topological polar surface area (TPSA) is 78.4 Å². The van der Waals surface area contributed by atoms with Crippen LogP contribution in [0.5, 0.6) is 5.75 Å². The molecule has 4 rings (SSSR count). The summed E-state index contributed by atoms with van der Waals surface area (Å²) < 4.78 is 24.2. The van der Waals surface area contributed by atoms with Crippen LogP contribution >= 0.6 is 0 Å². The molecule has 134 valence electrons. The van der Waals surface area contributed by atoms with Gasteiger partial charge in [0.2, 0.25) is 5.89 Å². The van der Waals surface area contributed by atoms with Gasteiger partial charge in [0.1, 0.15) is 11.3 Å². The van der Waals surface area contributed by atoms with Gasteiger partial charge in [0, 0.05) is 11.6 Å². The zero-order chi connectivity index (χ0) is 19.0. The third-order valence-corrected chi connectivity index (χ3v) is 4.17. The molecule has 3 aromatic carbocycles. The number of fused-ring (bicyclic) bond motifs is 1. The van der Waals surface area contributed by atoms with E-state index >= 15 is 0 Å². The number of benzene rings is 3. The Kier molecular flexibility index (Phi) is 4.04. The van der Waals surface area contributed by atoms with E-state index in [0.717, 1.165) is 11.1 Å². The molecular weight excluding hydrogens is 351 g/mol. The Morgan fingerprint density at radius 1 is 1.04 bits per heavy atom. The lowest BCUT2D eigenvalue weighted by molar-refractivity contribution is -0.385. The van der Waals surface area contributed by atoms with Crippen molar-refractivity contribution in [1.29, 1.82) is 0 Å². The molecule has 4 aromatic rings. The molecule has 0 aliphatic rings. The van der Waals surface area contributed by atoms with Crippen LogP contribution < -0.4 is 4.74 Å². The molecule has 0 fully saturated rings. The van der Waals surface area contributed by atoms with E-state index in [2.05, 4.69) is 4.98 Å². The summed E-state index contributed by atoms with van der Waals surface area (Å²) in [5.41, 5.74) is 2.92. The highest BCUT2D eigenvalue weighted by atomic mass is 19.1. The van der Waals surface area contributed by atoms with E-state index in [4.69, 9.17) is 9.15 Å². The number of hydrogen-bond acceptors (Lipinski definition) is 5. The van der Waals surface area contributed by atoms with E-state index in [0.29, 0.717) is 16.7 Å². The summed E-state index contributed by atoms with van der Waals surface area (Å²) in [4.78, 5) is 15.1. The predicted octanol–water partition coefficient (Wildman–Crippen LogP) is 5.22. The molecule has 27 heavy (non-hydrogen) atoms. The Morgan fingerprint density at radius 3 is 2.56 bits per heavy atom. The van der Waals surface area contributed by atoms with Crippen LogP contribution in [-0.2, 0) is 0 Å². The summed E-state index contributed by atoms with van der Waals surface area (Å²) in [6, 6.07) is 16.1. The van der Waals surface area contributed by atoms with Crippen molar-refractivity contribution < 1.29 is 18.5 Å². The Hall–Kier alpha value is -3.74. The van der Waals surface area contributed by atoms with Gasteiger partial charge in [0.15, 0.2) is 11.3 Å². The quantitative estimate of drug-likeness (QED) is 0.366. The summed E-state index contributed by atoms with van der Waals surface area (Å²) in [5.74, 6) is 0.0966. The van der Waals surface area contributed by atoms with Crippen molar-refractivity contribution in [3.63, 3.8) is 0 Å². The standard InChI is InChI=1S/C20H13FN2O4/c1-26-19-8-6-14(11-17(19)23(24)25)20-22-16-10-13(5-7-18(16)27-20)12-3-2-4-15(21)9-12/h2-11H,1H3. The molecule has 1 heterocycles. The molecule has 6 nitrogen and oxygen atoms in total. The number of nitrogens with zero attached hydrogens (tertiary/aromatic N) is 2. The maximum Gasteiger partial charge on any atom is 0.311 e. The second-order valence-electron chi connectivity index (χ2n) is 5.86. The average Bonchev–Trinajstić information content (AvgIpc) is 3.10. The first-order chi connectivity index (χ1) is 13.0. The molecular formula is C20H13FN2O4. The van der Waals surface area contributed by atoms with Crippen LogP contribution in [0.1, 0.15) is 0 Å². The summed E-state index contributed by atoms with van der Waals surface area (Å²) in [6.45, 7) is 0. The van der Waals surface area contributed by atoms with Crippen molar-refractivity contribution in [2.24, 2.45) is 0 Å². The van der Waals surface area contributed by atoms with Gasteiger partial charge < -0.3 is 9.15 Å². The molecule has 1 aromatic heterocycles. The third kappa shape index (κ3) is 3.10. The number of methoxy groups -OCH3 is 1. The van der Waals surface area contributed by atoms with Crippen molar-refractivity contribution in [2.75, 3.05) is 7.11 Å². The smallest absolute Gasteiger partial charge is 0.311 e. The highest BCUT2D eigenvalue weighted by Crippen LogP contribution is 2.34. The highest BCUT2D eigenvalue weighted by molar-refractivity contribution is 5.82. The van der Waals surface area contributed by atoms with Crippen LogP contribution in [-0.4, -0.2) is 17.0 Å². The number of nitro benzene ring substituents is 1. The molecule has 0 N–H and O–H groups in total. The molecule has 0 amide bonds. The summed E-state index contributed by atoms with van der Waals surface area (Å²) in [7, 11) is 1.37. The number of oxazole rings is 1. The van der Waals surface area contributed by atoms with Crippen molar-refractivity contribution in [2.45, 2.75) is 0 Å².